The Morgan fingerprint density at radius 1 is 1.13 bits per heavy atom. The second kappa shape index (κ2) is 7.44. The highest BCUT2D eigenvalue weighted by atomic mass is 16.5. The molecule has 0 aliphatic heterocycles. The van der Waals surface area contributed by atoms with Gasteiger partial charge in [0.05, 0.1) is 18.2 Å². The molecule has 1 aliphatic carbocycles. The van der Waals surface area contributed by atoms with Crippen LogP contribution >= 0.6 is 0 Å². The monoisotopic (exact) mass is 405 g/mol. The average molecular weight is 405 g/mol. The molecule has 3 aromatic rings. The van der Waals surface area contributed by atoms with Gasteiger partial charge in [-0.25, -0.2) is 4.79 Å². The van der Waals surface area contributed by atoms with Gasteiger partial charge < -0.3 is 13.7 Å². The normalized spacial score (nSPS) is 16.2. The van der Waals surface area contributed by atoms with Crippen molar-refractivity contribution in [1.82, 2.24) is 4.57 Å². The smallest absolute Gasteiger partial charge is 0.354 e. The van der Waals surface area contributed by atoms with E-state index in [0.29, 0.717) is 41.9 Å². The third-order valence-corrected chi connectivity index (χ3v) is 5.35. The highest BCUT2D eigenvalue weighted by molar-refractivity contribution is 6.25. The van der Waals surface area contributed by atoms with Crippen LogP contribution in [0.25, 0.3) is 17.2 Å². The molecular formula is C24H23NO5. The molecule has 4 rings (SSSR count). The molecule has 1 aromatic carbocycles. The maximum Gasteiger partial charge on any atom is 0.354 e. The van der Waals surface area contributed by atoms with Crippen molar-refractivity contribution < 1.29 is 23.5 Å². The highest BCUT2D eigenvalue weighted by Gasteiger charge is 2.35. The molecule has 30 heavy (non-hydrogen) atoms. The summed E-state index contributed by atoms with van der Waals surface area (Å²) in [5.74, 6) is -0.383. The molecule has 2 heterocycles. The van der Waals surface area contributed by atoms with E-state index in [2.05, 4.69) is 0 Å². The molecule has 0 N–H and O–H groups in total. The molecule has 1 aliphatic rings. The predicted octanol–water partition coefficient (Wildman–Crippen LogP) is 4.41. The standard InChI is InChI=1S/C24H23NO5/c1-24(2)12-20(26)17(21(27)13-24)9-16-10-18-22(30-16)11-19(23(28)29-3)25(18)14-15-7-5-4-6-8-15/h4-11H,12-14H2,1-3H3. The van der Waals surface area contributed by atoms with E-state index in [1.54, 1.807) is 12.1 Å². The predicted molar refractivity (Wildman–Crippen MR) is 112 cm³/mol. The van der Waals surface area contributed by atoms with E-state index in [1.807, 2.05) is 48.7 Å². The van der Waals surface area contributed by atoms with E-state index >= 15 is 0 Å². The molecular weight excluding hydrogens is 382 g/mol. The van der Waals surface area contributed by atoms with Gasteiger partial charge in [-0.05, 0) is 17.1 Å². The molecule has 0 spiro atoms. The molecule has 0 atom stereocenters. The lowest BCUT2D eigenvalue weighted by Gasteiger charge is -2.28. The number of furan rings is 1. The first-order valence-electron chi connectivity index (χ1n) is 9.81. The Balaban J connectivity index is 1.75. The number of ketones is 2. The SMILES string of the molecule is COC(=O)c1cc2oc(C=C3C(=O)CC(C)(C)CC3=O)cc2n1Cc1ccccc1. The first-order valence-corrected chi connectivity index (χ1v) is 9.81. The molecule has 0 saturated heterocycles. The molecule has 0 bridgehead atoms. The van der Waals surface area contributed by atoms with Crippen LogP contribution in [0, 0.1) is 5.41 Å². The minimum atomic E-state index is -0.461. The van der Waals surface area contributed by atoms with Crippen molar-refractivity contribution in [3.8, 4) is 0 Å². The quantitative estimate of drug-likeness (QED) is 0.365. The van der Waals surface area contributed by atoms with E-state index in [-0.39, 0.29) is 22.6 Å². The van der Waals surface area contributed by atoms with Gasteiger partial charge in [0.25, 0.3) is 0 Å². The van der Waals surface area contributed by atoms with Crippen molar-refractivity contribution in [2.24, 2.45) is 5.41 Å². The zero-order chi connectivity index (χ0) is 21.5. The Bertz CT molecular complexity index is 1160. The van der Waals surface area contributed by atoms with Crippen LogP contribution in [0.3, 0.4) is 0 Å². The average Bonchev–Trinajstić information content (AvgIpc) is 3.23. The zero-order valence-corrected chi connectivity index (χ0v) is 17.2. The molecule has 2 aromatic heterocycles. The van der Waals surface area contributed by atoms with Gasteiger partial charge in [0.1, 0.15) is 11.5 Å². The number of fused-ring (bicyclic) bond motifs is 1. The van der Waals surface area contributed by atoms with Gasteiger partial charge in [-0.3, -0.25) is 9.59 Å². The lowest BCUT2D eigenvalue weighted by atomic mass is 9.74. The van der Waals surface area contributed by atoms with Gasteiger partial charge >= 0.3 is 5.97 Å². The van der Waals surface area contributed by atoms with Crippen LogP contribution < -0.4 is 0 Å². The number of hydrogen-bond acceptors (Lipinski definition) is 5. The minimum Gasteiger partial charge on any atom is -0.464 e. The Morgan fingerprint density at radius 2 is 1.80 bits per heavy atom. The van der Waals surface area contributed by atoms with Crippen molar-refractivity contribution in [3.63, 3.8) is 0 Å². The first kappa shape index (κ1) is 19.9. The molecule has 6 heteroatoms. The number of Topliss-reactive ketones (excluding diaryl/α,β-unsaturated/α-hetero) is 2. The number of rotatable bonds is 4. The van der Waals surface area contributed by atoms with Gasteiger partial charge in [0, 0.05) is 31.5 Å². The Kier molecular flexibility index (Phi) is 4.94. The topological polar surface area (TPSA) is 78.5 Å². The maximum absolute atomic E-state index is 12.5. The van der Waals surface area contributed by atoms with Crippen LogP contribution in [0.15, 0.2) is 52.5 Å². The van der Waals surface area contributed by atoms with Crippen molar-refractivity contribution >= 4 is 34.7 Å². The lowest BCUT2D eigenvalue weighted by Crippen LogP contribution is -2.31. The zero-order valence-electron chi connectivity index (χ0n) is 17.2. The third kappa shape index (κ3) is 3.73. The van der Waals surface area contributed by atoms with Crippen molar-refractivity contribution in [2.75, 3.05) is 7.11 Å². The largest absolute Gasteiger partial charge is 0.464 e. The van der Waals surface area contributed by atoms with Crippen LogP contribution in [0.1, 0.15) is 48.5 Å². The van der Waals surface area contributed by atoms with Crippen LogP contribution in [0.5, 0.6) is 0 Å². The number of ether oxygens (including phenoxy) is 1. The minimum absolute atomic E-state index is 0.167. The van der Waals surface area contributed by atoms with Gasteiger partial charge in [0.2, 0.25) is 0 Å². The molecule has 1 fully saturated rings. The lowest BCUT2D eigenvalue weighted by molar-refractivity contribution is -0.127. The van der Waals surface area contributed by atoms with Crippen molar-refractivity contribution in [1.29, 1.82) is 0 Å². The third-order valence-electron chi connectivity index (χ3n) is 5.35. The maximum atomic E-state index is 12.5. The molecule has 1 saturated carbocycles. The summed E-state index contributed by atoms with van der Waals surface area (Å²) in [7, 11) is 1.33. The van der Waals surface area contributed by atoms with E-state index < -0.39 is 5.97 Å². The summed E-state index contributed by atoms with van der Waals surface area (Å²) in [5.41, 5.74) is 2.44. The van der Waals surface area contributed by atoms with Crippen molar-refractivity contribution in [2.45, 2.75) is 33.2 Å². The molecule has 0 amide bonds. The summed E-state index contributed by atoms with van der Waals surface area (Å²) in [6.07, 6.45) is 2.18. The fraction of sp³-hybridized carbons (Fsp3) is 0.292. The summed E-state index contributed by atoms with van der Waals surface area (Å²) >= 11 is 0. The second-order valence-electron chi connectivity index (χ2n) is 8.41. The van der Waals surface area contributed by atoms with Crippen LogP contribution in [-0.2, 0) is 20.9 Å². The Labute approximate surface area is 174 Å². The van der Waals surface area contributed by atoms with Crippen LogP contribution in [-0.4, -0.2) is 29.2 Å². The molecule has 154 valence electrons. The van der Waals surface area contributed by atoms with Gasteiger partial charge in [-0.1, -0.05) is 44.2 Å². The highest BCUT2D eigenvalue weighted by Crippen LogP contribution is 2.35. The number of methoxy groups -OCH3 is 1. The van der Waals surface area contributed by atoms with E-state index in [9.17, 15) is 14.4 Å². The van der Waals surface area contributed by atoms with Gasteiger partial charge in [0.15, 0.2) is 17.1 Å². The second-order valence-corrected chi connectivity index (χ2v) is 8.41. The molecule has 6 nitrogen and oxygen atoms in total. The van der Waals surface area contributed by atoms with Crippen molar-refractivity contribution in [3.05, 3.63) is 65.1 Å². The number of hydrogen-bond donors (Lipinski definition) is 0. The summed E-state index contributed by atoms with van der Waals surface area (Å²) in [4.78, 5) is 37.2. The summed E-state index contributed by atoms with van der Waals surface area (Å²) in [6, 6.07) is 13.1. The Morgan fingerprint density at radius 3 is 2.43 bits per heavy atom. The van der Waals surface area contributed by atoms with Gasteiger partial charge in [-0.15, -0.1) is 0 Å². The number of benzene rings is 1. The van der Waals surface area contributed by atoms with Crippen LogP contribution in [0.4, 0.5) is 0 Å². The van der Waals surface area contributed by atoms with E-state index in [4.69, 9.17) is 9.15 Å². The summed E-state index contributed by atoms with van der Waals surface area (Å²) in [6.45, 7) is 4.29. The number of allylic oxidation sites excluding steroid dienone is 1. The van der Waals surface area contributed by atoms with Crippen LogP contribution in [0.2, 0.25) is 0 Å². The molecule has 0 radical (unpaired) electrons. The van der Waals surface area contributed by atoms with E-state index in [0.717, 1.165) is 5.56 Å². The summed E-state index contributed by atoms with van der Waals surface area (Å²) in [5, 5.41) is 0. The summed E-state index contributed by atoms with van der Waals surface area (Å²) < 4.78 is 12.6. The number of carbonyl (C=O) groups excluding carboxylic acids is 3. The number of nitrogens with zero attached hydrogens (tertiary/aromatic N) is 1. The Hall–Kier alpha value is -3.41. The fourth-order valence-electron chi connectivity index (χ4n) is 3.92. The molecule has 0 unspecified atom stereocenters. The number of aromatic nitrogens is 1. The number of esters is 1. The fourth-order valence-corrected chi connectivity index (χ4v) is 3.92. The first-order chi connectivity index (χ1) is 14.3. The number of carbonyl (C=O) groups is 3. The van der Waals surface area contributed by atoms with E-state index in [1.165, 1.54) is 13.2 Å². The van der Waals surface area contributed by atoms with Gasteiger partial charge in [-0.2, -0.15) is 0 Å².